The van der Waals surface area contributed by atoms with E-state index in [0.717, 1.165) is 11.8 Å². The van der Waals surface area contributed by atoms with E-state index < -0.39 is 27.9 Å². The Morgan fingerprint density at radius 2 is 1.79 bits per heavy atom. The van der Waals surface area contributed by atoms with Crippen LogP contribution < -0.4 is 9.46 Å². The molecule has 2 aromatic carbocycles. The van der Waals surface area contributed by atoms with E-state index >= 15 is 0 Å². The molecule has 3 rings (SSSR count). The van der Waals surface area contributed by atoms with Gasteiger partial charge in [0, 0.05) is 16.8 Å². The number of hydrogen-bond acceptors (Lipinski definition) is 6. The number of para-hydroxylation sites is 1. The minimum Gasteiger partial charge on any atom is -0.488 e. The Bertz CT molecular complexity index is 1040. The van der Waals surface area contributed by atoms with Crippen molar-refractivity contribution < 1.29 is 27.5 Å². The third-order valence-electron chi connectivity index (χ3n) is 4.02. The molecule has 0 spiro atoms. The maximum absolute atomic E-state index is 12.5. The van der Waals surface area contributed by atoms with Crippen LogP contribution in [-0.4, -0.2) is 39.1 Å². The number of fused-ring (bicyclic) bond motifs is 1. The fourth-order valence-electron chi connectivity index (χ4n) is 2.68. The van der Waals surface area contributed by atoms with Gasteiger partial charge in [-0.15, -0.1) is 0 Å². The quantitative estimate of drug-likeness (QED) is 0.590. The van der Waals surface area contributed by atoms with Crippen LogP contribution in [0.1, 0.15) is 22.8 Å². The average Bonchev–Trinajstić information content (AvgIpc) is 2.66. The lowest BCUT2D eigenvalue weighted by Crippen LogP contribution is -2.27. The molecule has 0 fully saturated rings. The highest BCUT2D eigenvalue weighted by Crippen LogP contribution is 2.26. The van der Waals surface area contributed by atoms with Gasteiger partial charge in [-0.1, -0.05) is 18.2 Å². The molecule has 0 aromatic heterocycles. The van der Waals surface area contributed by atoms with E-state index in [1.165, 1.54) is 31.2 Å². The van der Waals surface area contributed by atoms with Gasteiger partial charge in [0.2, 0.25) is 15.8 Å². The second kappa shape index (κ2) is 7.85. The van der Waals surface area contributed by atoms with E-state index in [-0.39, 0.29) is 6.61 Å². The number of ether oxygens (including phenoxy) is 2. The van der Waals surface area contributed by atoms with E-state index in [4.69, 9.17) is 9.47 Å². The predicted octanol–water partition coefficient (Wildman–Crippen LogP) is 2.65. The minimum atomic E-state index is -3.40. The highest BCUT2D eigenvalue weighted by atomic mass is 32.2. The highest BCUT2D eigenvalue weighted by Gasteiger charge is 2.24. The molecule has 28 heavy (non-hydrogen) atoms. The monoisotopic (exact) mass is 401 g/mol. The Hall–Kier alpha value is -3.13. The maximum atomic E-state index is 12.5. The first kappa shape index (κ1) is 19.6. The molecule has 0 saturated carbocycles. The Balaban J connectivity index is 1.66. The summed E-state index contributed by atoms with van der Waals surface area (Å²) in [6.07, 6.45) is 1.72. The second-order valence-electron chi connectivity index (χ2n) is 6.36. The number of Topliss-reactive ketones (excluding diaryl/α,β-unsaturated/α-hetero) is 1. The van der Waals surface area contributed by atoms with Crippen LogP contribution in [-0.2, 0) is 19.6 Å². The maximum Gasteiger partial charge on any atom is 0.338 e. The van der Waals surface area contributed by atoms with Crippen molar-refractivity contribution in [1.29, 1.82) is 0 Å². The Kier molecular flexibility index (Phi) is 5.51. The van der Waals surface area contributed by atoms with Gasteiger partial charge in [-0.2, -0.15) is 0 Å². The molecule has 1 N–H and O–H groups in total. The van der Waals surface area contributed by atoms with Crippen LogP contribution in [0.5, 0.6) is 5.75 Å². The number of rotatable bonds is 6. The number of benzene rings is 2. The molecule has 0 amide bonds. The van der Waals surface area contributed by atoms with Gasteiger partial charge < -0.3 is 9.47 Å². The molecular weight excluding hydrogens is 382 g/mol. The van der Waals surface area contributed by atoms with Crippen molar-refractivity contribution in [2.75, 3.05) is 17.6 Å². The molecule has 146 valence electrons. The summed E-state index contributed by atoms with van der Waals surface area (Å²) >= 11 is 0. The van der Waals surface area contributed by atoms with Crippen LogP contribution in [0.25, 0.3) is 6.08 Å². The SMILES string of the molecule is C[C@@H](OC(=O)C1=Cc2ccccc2OC1)C(=O)c1ccc(NS(C)(=O)=O)cc1. The third kappa shape index (κ3) is 4.77. The number of carbonyl (C=O) groups excluding carboxylic acids is 2. The van der Waals surface area contributed by atoms with Gasteiger partial charge in [-0.05, 0) is 43.3 Å². The summed E-state index contributed by atoms with van der Waals surface area (Å²) in [5, 5.41) is 0. The Morgan fingerprint density at radius 3 is 2.46 bits per heavy atom. The van der Waals surface area contributed by atoms with Crippen LogP contribution in [0.3, 0.4) is 0 Å². The summed E-state index contributed by atoms with van der Waals surface area (Å²) in [6, 6.07) is 13.2. The van der Waals surface area contributed by atoms with E-state index in [9.17, 15) is 18.0 Å². The van der Waals surface area contributed by atoms with Crippen molar-refractivity contribution in [3.8, 4) is 5.75 Å². The van der Waals surface area contributed by atoms with Crippen molar-refractivity contribution in [2.24, 2.45) is 0 Å². The third-order valence-corrected chi connectivity index (χ3v) is 4.63. The lowest BCUT2D eigenvalue weighted by atomic mass is 10.1. The van der Waals surface area contributed by atoms with Crippen LogP contribution in [0.4, 0.5) is 5.69 Å². The number of esters is 1. The number of anilines is 1. The van der Waals surface area contributed by atoms with Gasteiger partial charge >= 0.3 is 5.97 Å². The van der Waals surface area contributed by atoms with Crippen molar-refractivity contribution in [1.82, 2.24) is 0 Å². The second-order valence-corrected chi connectivity index (χ2v) is 8.11. The standard InChI is InChI=1S/C20H19NO6S/c1-13(19(22)14-7-9-17(10-8-14)21-28(2,24)25)27-20(23)16-11-15-5-3-4-6-18(15)26-12-16/h3-11,13,21H,12H2,1-2H3/t13-/m1/s1. The molecule has 2 aromatic rings. The average molecular weight is 401 g/mol. The smallest absolute Gasteiger partial charge is 0.338 e. The fraction of sp³-hybridized carbons (Fsp3) is 0.200. The number of hydrogen-bond donors (Lipinski definition) is 1. The normalized spacial score (nSPS) is 14.1. The van der Waals surface area contributed by atoms with E-state index in [1.807, 2.05) is 24.3 Å². The van der Waals surface area contributed by atoms with Gasteiger partial charge in [0.05, 0.1) is 11.8 Å². The van der Waals surface area contributed by atoms with Gasteiger partial charge in [0.15, 0.2) is 6.10 Å². The molecule has 0 bridgehead atoms. The summed E-state index contributed by atoms with van der Waals surface area (Å²) in [5.74, 6) is -0.325. The largest absolute Gasteiger partial charge is 0.488 e. The number of sulfonamides is 1. The molecule has 7 nitrogen and oxygen atoms in total. The highest BCUT2D eigenvalue weighted by molar-refractivity contribution is 7.92. The van der Waals surface area contributed by atoms with Crippen molar-refractivity contribution in [3.05, 3.63) is 65.2 Å². The molecule has 8 heteroatoms. The van der Waals surface area contributed by atoms with Gasteiger partial charge in [-0.3, -0.25) is 9.52 Å². The van der Waals surface area contributed by atoms with E-state index in [2.05, 4.69) is 4.72 Å². The molecule has 0 aliphatic carbocycles. The molecule has 0 saturated heterocycles. The Morgan fingerprint density at radius 1 is 1.11 bits per heavy atom. The fourth-order valence-corrected chi connectivity index (χ4v) is 3.24. The zero-order chi connectivity index (χ0) is 20.3. The predicted molar refractivity (Wildman–Crippen MR) is 105 cm³/mol. The number of ketones is 1. The van der Waals surface area contributed by atoms with E-state index in [1.54, 1.807) is 6.08 Å². The Labute approximate surface area is 163 Å². The molecule has 1 aliphatic heterocycles. The van der Waals surface area contributed by atoms with Crippen LogP contribution >= 0.6 is 0 Å². The summed E-state index contributed by atoms with van der Waals surface area (Å²) in [4.78, 5) is 24.9. The lowest BCUT2D eigenvalue weighted by molar-refractivity contribution is -0.141. The van der Waals surface area contributed by atoms with Crippen molar-refractivity contribution >= 4 is 33.5 Å². The van der Waals surface area contributed by atoms with Gasteiger partial charge in [0.1, 0.15) is 12.4 Å². The molecule has 0 radical (unpaired) electrons. The zero-order valence-electron chi connectivity index (χ0n) is 15.3. The first-order valence-electron chi connectivity index (χ1n) is 8.48. The van der Waals surface area contributed by atoms with Crippen LogP contribution in [0.2, 0.25) is 0 Å². The summed E-state index contributed by atoms with van der Waals surface area (Å²) in [5.41, 5.74) is 1.74. The molecular formula is C20H19NO6S. The van der Waals surface area contributed by atoms with Crippen molar-refractivity contribution in [2.45, 2.75) is 13.0 Å². The van der Waals surface area contributed by atoms with Gasteiger partial charge in [-0.25, -0.2) is 13.2 Å². The molecule has 1 heterocycles. The van der Waals surface area contributed by atoms with Crippen LogP contribution in [0, 0.1) is 0 Å². The minimum absolute atomic E-state index is 0.0720. The molecule has 0 unspecified atom stereocenters. The first-order chi connectivity index (χ1) is 13.2. The number of nitrogens with one attached hydrogen (secondary N) is 1. The summed E-state index contributed by atoms with van der Waals surface area (Å²) in [6.45, 7) is 1.56. The molecule has 1 aliphatic rings. The summed E-state index contributed by atoms with van der Waals surface area (Å²) < 4.78 is 35.6. The van der Waals surface area contributed by atoms with Gasteiger partial charge in [0.25, 0.3) is 0 Å². The van der Waals surface area contributed by atoms with Crippen LogP contribution in [0.15, 0.2) is 54.1 Å². The van der Waals surface area contributed by atoms with E-state index in [0.29, 0.717) is 22.6 Å². The lowest BCUT2D eigenvalue weighted by Gasteiger charge is -2.18. The summed E-state index contributed by atoms with van der Waals surface area (Å²) in [7, 11) is -3.40. The molecule has 1 atom stereocenters. The first-order valence-corrected chi connectivity index (χ1v) is 10.4. The number of carbonyl (C=O) groups is 2. The zero-order valence-corrected chi connectivity index (χ0v) is 16.2. The van der Waals surface area contributed by atoms with Crippen molar-refractivity contribution in [3.63, 3.8) is 0 Å². The topological polar surface area (TPSA) is 98.8 Å².